The molecule has 0 bridgehead atoms. The van der Waals surface area contributed by atoms with Gasteiger partial charge in [-0.25, -0.2) is 4.68 Å². The maximum Gasteiger partial charge on any atom is 0.234 e. The summed E-state index contributed by atoms with van der Waals surface area (Å²) in [6.45, 7) is 4.10. The van der Waals surface area contributed by atoms with Gasteiger partial charge < -0.3 is 10.2 Å². The highest BCUT2D eigenvalue weighted by Crippen LogP contribution is 2.22. The fraction of sp³-hybridized carbons (Fsp3) is 0.556. The van der Waals surface area contributed by atoms with E-state index < -0.39 is 0 Å². The molecule has 144 valence electrons. The third-order valence-electron chi connectivity index (χ3n) is 5.19. The predicted molar refractivity (Wildman–Crippen MR) is 101 cm³/mol. The van der Waals surface area contributed by atoms with Crippen LogP contribution >= 0.6 is 11.3 Å². The summed E-state index contributed by atoms with van der Waals surface area (Å²) in [6.07, 6.45) is 4.26. The second-order valence-corrected chi connectivity index (χ2v) is 7.95. The van der Waals surface area contributed by atoms with E-state index >= 15 is 0 Å². The average molecular weight is 388 g/mol. The van der Waals surface area contributed by atoms with Crippen molar-refractivity contribution in [2.24, 2.45) is 0 Å². The molecule has 2 aliphatic rings. The fourth-order valence-electron chi connectivity index (χ4n) is 3.68. The third-order valence-corrected chi connectivity index (χ3v) is 5.92. The summed E-state index contributed by atoms with van der Waals surface area (Å²) in [6, 6.07) is 2.29. The molecule has 0 unspecified atom stereocenters. The summed E-state index contributed by atoms with van der Waals surface area (Å²) in [5, 5.41) is 15.4. The molecule has 2 aromatic heterocycles. The van der Waals surface area contributed by atoms with Crippen LogP contribution in [0.5, 0.6) is 0 Å². The van der Waals surface area contributed by atoms with Gasteiger partial charge in [-0.3, -0.25) is 14.5 Å². The van der Waals surface area contributed by atoms with Gasteiger partial charge in [0.15, 0.2) is 0 Å². The SMILES string of the molecule is O=C1CN(Cc2cn(C3CCN(C(=O)Cc4ccsc4)CC3)nn2)CCN1. The zero-order valence-corrected chi connectivity index (χ0v) is 16.0. The van der Waals surface area contributed by atoms with Crippen molar-refractivity contribution in [3.8, 4) is 0 Å². The van der Waals surface area contributed by atoms with Crippen LogP contribution < -0.4 is 5.32 Å². The molecule has 0 atom stereocenters. The van der Waals surface area contributed by atoms with Gasteiger partial charge in [0, 0.05) is 32.7 Å². The zero-order valence-electron chi connectivity index (χ0n) is 15.2. The van der Waals surface area contributed by atoms with Crippen molar-refractivity contribution in [2.45, 2.75) is 31.8 Å². The number of nitrogens with one attached hydrogen (secondary N) is 1. The molecule has 8 nitrogen and oxygen atoms in total. The van der Waals surface area contributed by atoms with Crippen molar-refractivity contribution in [1.29, 1.82) is 0 Å². The number of carbonyl (C=O) groups is 2. The standard InChI is InChI=1S/C18H24N6O2S/c25-17-12-22(7-4-19-17)10-15-11-24(21-20-15)16-1-5-23(6-2-16)18(26)9-14-3-8-27-13-14/h3,8,11,13,16H,1-2,4-7,9-10,12H2,(H,19,25). The van der Waals surface area contributed by atoms with Crippen molar-refractivity contribution in [2.75, 3.05) is 32.7 Å². The van der Waals surface area contributed by atoms with Crippen LogP contribution in [0.1, 0.15) is 30.1 Å². The Morgan fingerprint density at radius 3 is 2.89 bits per heavy atom. The number of likely N-dealkylation sites (tertiary alicyclic amines) is 1. The van der Waals surface area contributed by atoms with Gasteiger partial charge in [-0.15, -0.1) is 5.10 Å². The smallest absolute Gasteiger partial charge is 0.234 e. The third kappa shape index (κ3) is 4.54. The van der Waals surface area contributed by atoms with Gasteiger partial charge in [-0.1, -0.05) is 5.21 Å². The molecule has 2 fully saturated rings. The number of hydrogen-bond acceptors (Lipinski definition) is 6. The van der Waals surface area contributed by atoms with Gasteiger partial charge in [0.05, 0.1) is 30.9 Å². The first kappa shape index (κ1) is 18.1. The second kappa shape index (κ2) is 8.18. The predicted octanol–water partition coefficient (Wildman–Crippen LogP) is 0.678. The summed E-state index contributed by atoms with van der Waals surface area (Å²) >= 11 is 1.63. The fourth-order valence-corrected chi connectivity index (χ4v) is 4.35. The van der Waals surface area contributed by atoms with E-state index in [1.54, 1.807) is 11.3 Å². The molecular formula is C18H24N6O2S. The molecule has 2 amide bonds. The van der Waals surface area contributed by atoms with Gasteiger partial charge in [0.25, 0.3) is 0 Å². The van der Waals surface area contributed by atoms with E-state index in [9.17, 15) is 9.59 Å². The monoisotopic (exact) mass is 388 g/mol. The second-order valence-electron chi connectivity index (χ2n) is 7.17. The lowest BCUT2D eigenvalue weighted by atomic mass is 10.0. The highest BCUT2D eigenvalue weighted by atomic mass is 32.1. The minimum atomic E-state index is 0.0631. The number of piperidine rings is 1. The number of amides is 2. The Morgan fingerprint density at radius 2 is 2.15 bits per heavy atom. The molecule has 0 radical (unpaired) electrons. The number of piperazine rings is 1. The molecule has 4 heterocycles. The van der Waals surface area contributed by atoms with E-state index in [0.29, 0.717) is 26.1 Å². The van der Waals surface area contributed by atoms with Crippen LogP contribution in [0, 0.1) is 0 Å². The van der Waals surface area contributed by atoms with Crippen molar-refractivity contribution in [1.82, 2.24) is 30.1 Å². The van der Waals surface area contributed by atoms with Crippen LogP contribution in [0.4, 0.5) is 0 Å². The highest BCUT2D eigenvalue weighted by Gasteiger charge is 2.25. The first-order chi connectivity index (χ1) is 13.2. The Labute approximate surface area is 162 Å². The van der Waals surface area contributed by atoms with Crippen LogP contribution in [0.2, 0.25) is 0 Å². The lowest BCUT2D eigenvalue weighted by molar-refractivity contribution is -0.131. The van der Waals surface area contributed by atoms with Crippen LogP contribution in [0.3, 0.4) is 0 Å². The lowest BCUT2D eigenvalue weighted by Gasteiger charge is -2.32. The molecule has 2 aliphatic heterocycles. The molecule has 2 saturated heterocycles. The average Bonchev–Trinajstić information content (AvgIpc) is 3.34. The molecule has 4 rings (SSSR count). The van der Waals surface area contributed by atoms with Crippen molar-refractivity contribution in [3.63, 3.8) is 0 Å². The maximum atomic E-state index is 12.4. The van der Waals surface area contributed by atoms with Crippen LogP contribution in [-0.2, 0) is 22.6 Å². The number of hydrogen-bond donors (Lipinski definition) is 1. The molecule has 0 spiro atoms. The van der Waals surface area contributed by atoms with E-state index in [-0.39, 0.29) is 17.9 Å². The molecule has 27 heavy (non-hydrogen) atoms. The van der Waals surface area contributed by atoms with E-state index in [1.807, 2.05) is 32.6 Å². The summed E-state index contributed by atoms with van der Waals surface area (Å²) in [4.78, 5) is 27.9. The van der Waals surface area contributed by atoms with Crippen LogP contribution in [0.25, 0.3) is 0 Å². The summed E-state index contributed by atoms with van der Waals surface area (Å²) in [5.41, 5.74) is 1.99. The van der Waals surface area contributed by atoms with E-state index in [2.05, 4.69) is 20.5 Å². The summed E-state index contributed by atoms with van der Waals surface area (Å²) in [7, 11) is 0. The largest absolute Gasteiger partial charge is 0.354 e. The summed E-state index contributed by atoms with van der Waals surface area (Å²) < 4.78 is 1.93. The minimum Gasteiger partial charge on any atom is -0.354 e. The van der Waals surface area contributed by atoms with Gasteiger partial charge in [0.1, 0.15) is 0 Å². The van der Waals surface area contributed by atoms with Crippen LogP contribution in [0.15, 0.2) is 23.0 Å². The van der Waals surface area contributed by atoms with Crippen LogP contribution in [-0.4, -0.2) is 69.3 Å². The lowest BCUT2D eigenvalue weighted by Crippen LogP contribution is -2.47. The highest BCUT2D eigenvalue weighted by molar-refractivity contribution is 7.08. The maximum absolute atomic E-state index is 12.4. The molecule has 2 aromatic rings. The normalized spacial score (nSPS) is 19.3. The van der Waals surface area contributed by atoms with E-state index in [4.69, 9.17) is 0 Å². The molecule has 9 heteroatoms. The number of carbonyl (C=O) groups excluding carboxylic acids is 2. The summed E-state index contributed by atoms with van der Waals surface area (Å²) in [5.74, 6) is 0.266. The molecular weight excluding hydrogens is 364 g/mol. The Balaban J connectivity index is 1.27. The number of rotatable bonds is 5. The van der Waals surface area contributed by atoms with Gasteiger partial charge in [0.2, 0.25) is 11.8 Å². The number of nitrogens with zero attached hydrogens (tertiary/aromatic N) is 5. The number of thiophene rings is 1. The minimum absolute atomic E-state index is 0.0631. The van der Waals surface area contributed by atoms with Crippen molar-refractivity contribution in [3.05, 3.63) is 34.3 Å². The van der Waals surface area contributed by atoms with Gasteiger partial charge in [-0.05, 0) is 35.2 Å². The molecule has 0 aliphatic carbocycles. The van der Waals surface area contributed by atoms with Crippen molar-refractivity contribution < 1.29 is 9.59 Å². The van der Waals surface area contributed by atoms with E-state index in [1.165, 1.54) is 0 Å². The number of aromatic nitrogens is 3. The van der Waals surface area contributed by atoms with Crippen molar-refractivity contribution >= 4 is 23.2 Å². The quantitative estimate of drug-likeness (QED) is 0.814. The topological polar surface area (TPSA) is 83.4 Å². The first-order valence-electron chi connectivity index (χ1n) is 9.36. The Hall–Kier alpha value is -2.26. The first-order valence-corrected chi connectivity index (χ1v) is 10.3. The van der Waals surface area contributed by atoms with E-state index in [0.717, 1.165) is 43.7 Å². The molecule has 0 aromatic carbocycles. The molecule has 1 N–H and O–H groups in total. The van der Waals surface area contributed by atoms with Gasteiger partial charge in [-0.2, -0.15) is 11.3 Å². The Morgan fingerprint density at radius 1 is 1.30 bits per heavy atom. The van der Waals surface area contributed by atoms with Gasteiger partial charge >= 0.3 is 0 Å². The molecule has 0 saturated carbocycles. The Kier molecular flexibility index (Phi) is 5.49. The Bertz CT molecular complexity index is 782. The zero-order chi connectivity index (χ0) is 18.6.